The van der Waals surface area contributed by atoms with Crippen LogP contribution in [0.25, 0.3) is 0 Å². The Hall–Kier alpha value is -1.34. The number of aliphatic hydroxyl groups excluding tert-OH is 2. The van der Waals surface area contributed by atoms with Crippen molar-refractivity contribution in [3.63, 3.8) is 0 Å². The monoisotopic (exact) mass is 285 g/mol. The molecule has 0 fully saturated rings. The molecule has 0 aliphatic rings. The highest BCUT2D eigenvalue weighted by Crippen LogP contribution is 2.18. The van der Waals surface area contributed by atoms with Crippen LogP contribution in [0, 0.1) is 0 Å². The average molecular weight is 285 g/mol. The van der Waals surface area contributed by atoms with E-state index in [4.69, 9.17) is 14.2 Å². The topological polar surface area (TPSA) is 80.2 Å². The molecule has 1 aromatic rings. The minimum Gasteiger partial charge on any atom is -0.497 e. The number of benzene rings is 1. The summed E-state index contributed by atoms with van der Waals surface area (Å²) in [6.45, 7) is 1.14. The van der Waals surface area contributed by atoms with E-state index in [1.807, 2.05) is 12.1 Å². The maximum Gasteiger partial charge on any atom is 0.123 e. The zero-order chi connectivity index (χ0) is 14.8. The molecule has 0 bridgehead atoms. The van der Waals surface area contributed by atoms with Crippen LogP contribution >= 0.6 is 0 Å². The van der Waals surface area contributed by atoms with Gasteiger partial charge in [-0.15, -0.1) is 0 Å². The zero-order valence-electron chi connectivity index (χ0n) is 11.9. The van der Waals surface area contributed by atoms with Gasteiger partial charge in [0.15, 0.2) is 0 Å². The molecule has 0 aromatic heterocycles. The molecular weight excluding hydrogens is 262 g/mol. The Labute approximate surface area is 119 Å². The van der Waals surface area contributed by atoms with Crippen LogP contribution in [0.4, 0.5) is 0 Å². The molecule has 0 amide bonds. The fourth-order valence-corrected chi connectivity index (χ4v) is 1.61. The fourth-order valence-electron chi connectivity index (χ4n) is 1.61. The van der Waals surface area contributed by atoms with Crippen LogP contribution in [0.15, 0.2) is 24.3 Å². The highest BCUT2D eigenvalue weighted by atomic mass is 16.5. The van der Waals surface area contributed by atoms with Gasteiger partial charge in [0.2, 0.25) is 0 Å². The first-order chi connectivity index (χ1) is 9.65. The summed E-state index contributed by atoms with van der Waals surface area (Å²) in [5.41, 5.74) is 0. The molecule has 114 valence electrons. The molecule has 6 heteroatoms. The maximum atomic E-state index is 9.75. The van der Waals surface area contributed by atoms with E-state index in [2.05, 4.69) is 5.32 Å². The van der Waals surface area contributed by atoms with Gasteiger partial charge in [-0.1, -0.05) is 6.07 Å². The Morgan fingerprint density at radius 1 is 1.05 bits per heavy atom. The zero-order valence-corrected chi connectivity index (χ0v) is 11.9. The molecule has 1 aromatic carbocycles. The highest BCUT2D eigenvalue weighted by molar-refractivity contribution is 5.32. The normalized spacial score (nSPS) is 13.8. The number of hydrogen-bond acceptors (Lipinski definition) is 6. The summed E-state index contributed by atoms with van der Waals surface area (Å²) in [6, 6.07) is 7.19. The van der Waals surface area contributed by atoms with E-state index in [1.165, 1.54) is 7.11 Å². The third-order valence-electron chi connectivity index (χ3n) is 2.60. The van der Waals surface area contributed by atoms with Gasteiger partial charge in [0.05, 0.1) is 19.8 Å². The van der Waals surface area contributed by atoms with Gasteiger partial charge in [-0.25, -0.2) is 0 Å². The van der Waals surface area contributed by atoms with Crippen molar-refractivity contribution in [2.75, 3.05) is 40.5 Å². The predicted octanol–water partition coefficient (Wildman–Crippen LogP) is 0.0318. The number of rotatable bonds is 10. The van der Waals surface area contributed by atoms with Gasteiger partial charge in [-0.05, 0) is 12.1 Å². The SMILES string of the molecule is COCC(O)CNCC(O)COc1cccc(OC)c1. The molecule has 0 saturated carbocycles. The molecule has 2 unspecified atom stereocenters. The second kappa shape index (κ2) is 9.55. The summed E-state index contributed by atoms with van der Waals surface area (Å²) in [5, 5.41) is 22.1. The second-order valence-electron chi connectivity index (χ2n) is 4.41. The summed E-state index contributed by atoms with van der Waals surface area (Å²) < 4.78 is 15.3. The van der Waals surface area contributed by atoms with E-state index in [-0.39, 0.29) is 13.2 Å². The van der Waals surface area contributed by atoms with E-state index >= 15 is 0 Å². The number of ether oxygens (including phenoxy) is 3. The van der Waals surface area contributed by atoms with Crippen molar-refractivity contribution in [1.82, 2.24) is 5.32 Å². The Kier molecular flexibility index (Phi) is 7.98. The van der Waals surface area contributed by atoms with E-state index in [0.717, 1.165) is 0 Å². The standard InChI is InChI=1S/C14H23NO5/c1-18-9-11(16)7-15-8-12(17)10-20-14-5-3-4-13(6-14)19-2/h3-6,11-12,15-17H,7-10H2,1-2H3. The van der Waals surface area contributed by atoms with Crippen molar-refractivity contribution >= 4 is 0 Å². The van der Waals surface area contributed by atoms with Gasteiger partial charge >= 0.3 is 0 Å². The van der Waals surface area contributed by atoms with Crippen LogP contribution in [0.1, 0.15) is 0 Å². The first kappa shape index (κ1) is 16.7. The van der Waals surface area contributed by atoms with Gasteiger partial charge < -0.3 is 29.7 Å². The third kappa shape index (κ3) is 6.72. The Bertz CT molecular complexity index is 374. The number of methoxy groups -OCH3 is 2. The minimum absolute atomic E-state index is 0.167. The maximum absolute atomic E-state index is 9.75. The van der Waals surface area contributed by atoms with Crippen LogP contribution in [0.3, 0.4) is 0 Å². The predicted molar refractivity (Wildman–Crippen MR) is 75.2 cm³/mol. The fraction of sp³-hybridized carbons (Fsp3) is 0.571. The lowest BCUT2D eigenvalue weighted by Crippen LogP contribution is -2.37. The lowest BCUT2D eigenvalue weighted by molar-refractivity contribution is 0.0582. The van der Waals surface area contributed by atoms with Gasteiger partial charge in [0.1, 0.15) is 24.2 Å². The molecule has 0 saturated heterocycles. The van der Waals surface area contributed by atoms with Crippen LogP contribution in [-0.2, 0) is 4.74 Å². The number of hydrogen-bond donors (Lipinski definition) is 3. The first-order valence-electron chi connectivity index (χ1n) is 6.48. The summed E-state index contributed by atoms with van der Waals surface area (Å²) in [4.78, 5) is 0. The molecular formula is C14H23NO5. The lowest BCUT2D eigenvalue weighted by atomic mass is 10.3. The largest absolute Gasteiger partial charge is 0.497 e. The molecule has 6 nitrogen and oxygen atoms in total. The summed E-state index contributed by atoms with van der Waals surface area (Å²) in [7, 11) is 3.11. The van der Waals surface area contributed by atoms with Crippen molar-refractivity contribution in [2.24, 2.45) is 0 Å². The summed E-state index contributed by atoms with van der Waals surface area (Å²) in [5.74, 6) is 1.35. The van der Waals surface area contributed by atoms with Crippen molar-refractivity contribution in [3.8, 4) is 11.5 Å². The Morgan fingerprint density at radius 2 is 1.70 bits per heavy atom. The van der Waals surface area contributed by atoms with Gasteiger partial charge in [0, 0.05) is 26.3 Å². The molecule has 3 N–H and O–H groups in total. The van der Waals surface area contributed by atoms with Gasteiger partial charge in [0.25, 0.3) is 0 Å². The first-order valence-corrected chi connectivity index (χ1v) is 6.48. The highest BCUT2D eigenvalue weighted by Gasteiger charge is 2.08. The van der Waals surface area contributed by atoms with Gasteiger partial charge in [-0.2, -0.15) is 0 Å². The van der Waals surface area contributed by atoms with Crippen LogP contribution in [0.2, 0.25) is 0 Å². The number of nitrogens with one attached hydrogen (secondary N) is 1. The summed E-state index contributed by atoms with van der Waals surface area (Å²) in [6.07, 6.45) is -1.23. The minimum atomic E-state index is -0.657. The molecule has 1 rings (SSSR count). The molecule has 0 spiro atoms. The molecule has 2 atom stereocenters. The van der Waals surface area contributed by atoms with E-state index < -0.39 is 12.2 Å². The van der Waals surface area contributed by atoms with Crippen LogP contribution in [0.5, 0.6) is 11.5 Å². The molecule has 0 aliphatic heterocycles. The quantitative estimate of drug-likeness (QED) is 0.563. The lowest BCUT2D eigenvalue weighted by Gasteiger charge is -2.15. The van der Waals surface area contributed by atoms with Crippen molar-refractivity contribution in [2.45, 2.75) is 12.2 Å². The summed E-state index contributed by atoms with van der Waals surface area (Å²) >= 11 is 0. The van der Waals surface area contributed by atoms with Crippen molar-refractivity contribution in [3.05, 3.63) is 24.3 Å². The Morgan fingerprint density at radius 3 is 2.35 bits per heavy atom. The number of aliphatic hydroxyl groups is 2. The second-order valence-corrected chi connectivity index (χ2v) is 4.41. The third-order valence-corrected chi connectivity index (χ3v) is 2.60. The van der Waals surface area contributed by atoms with E-state index in [9.17, 15) is 10.2 Å². The van der Waals surface area contributed by atoms with E-state index in [0.29, 0.717) is 24.6 Å². The van der Waals surface area contributed by atoms with Crippen molar-refractivity contribution in [1.29, 1.82) is 0 Å². The molecule has 0 aliphatic carbocycles. The average Bonchev–Trinajstić information content (AvgIpc) is 2.45. The Balaban J connectivity index is 2.20. The van der Waals surface area contributed by atoms with E-state index in [1.54, 1.807) is 19.2 Å². The molecule has 0 heterocycles. The van der Waals surface area contributed by atoms with Gasteiger partial charge in [-0.3, -0.25) is 0 Å². The van der Waals surface area contributed by atoms with Crippen molar-refractivity contribution < 1.29 is 24.4 Å². The van der Waals surface area contributed by atoms with Crippen LogP contribution < -0.4 is 14.8 Å². The smallest absolute Gasteiger partial charge is 0.123 e. The molecule has 20 heavy (non-hydrogen) atoms. The molecule has 0 radical (unpaired) electrons. The van der Waals surface area contributed by atoms with Crippen LogP contribution in [-0.4, -0.2) is 62.9 Å².